The highest BCUT2D eigenvalue weighted by molar-refractivity contribution is 7.14. The van der Waals surface area contributed by atoms with Crippen LogP contribution in [0, 0.1) is 0 Å². The van der Waals surface area contributed by atoms with E-state index in [0.29, 0.717) is 22.9 Å². The van der Waals surface area contributed by atoms with Gasteiger partial charge in [0.2, 0.25) is 5.91 Å². The Morgan fingerprint density at radius 3 is 2.78 bits per heavy atom. The summed E-state index contributed by atoms with van der Waals surface area (Å²) < 4.78 is 5.10. The lowest BCUT2D eigenvalue weighted by atomic mass is 9.99. The van der Waals surface area contributed by atoms with Crippen LogP contribution in [0.4, 0.5) is 10.8 Å². The number of methoxy groups -OCH3 is 1. The number of rotatable bonds is 4. The van der Waals surface area contributed by atoms with E-state index in [4.69, 9.17) is 4.74 Å². The number of aromatic nitrogens is 1. The first-order chi connectivity index (χ1) is 13.1. The van der Waals surface area contributed by atoms with Crippen molar-refractivity contribution in [1.82, 2.24) is 4.98 Å². The predicted molar refractivity (Wildman–Crippen MR) is 105 cm³/mol. The second-order valence-corrected chi connectivity index (χ2v) is 7.00. The number of hydrogen-bond acceptors (Lipinski definition) is 5. The van der Waals surface area contributed by atoms with Crippen LogP contribution in [0.15, 0.2) is 47.8 Å². The van der Waals surface area contributed by atoms with E-state index in [1.54, 1.807) is 31.4 Å². The molecule has 6 nitrogen and oxygen atoms in total. The number of benzene rings is 2. The first kappa shape index (κ1) is 17.2. The van der Waals surface area contributed by atoms with E-state index in [2.05, 4.69) is 15.6 Å². The fourth-order valence-corrected chi connectivity index (χ4v) is 3.63. The summed E-state index contributed by atoms with van der Waals surface area (Å²) in [4.78, 5) is 28.3. The quantitative estimate of drug-likeness (QED) is 0.719. The maximum atomic E-state index is 12.4. The highest BCUT2D eigenvalue weighted by Crippen LogP contribution is 2.30. The van der Waals surface area contributed by atoms with Gasteiger partial charge in [-0.2, -0.15) is 0 Å². The molecule has 0 saturated heterocycles. The third-order valence-electron chi connectivity index (χ3n) is 4.37. The van der Waals surface area contributed by atoms with E-state index in [1.165, 1.54) is 11.3 Å². The molecule has 2 amide bonds. The van der Waals surface area contributed by atoms with Crippen molar-refractivity contribution < 1.29 is 14.3 Å². The standard InChI is InChI=1S/C20H17N3O3S/c1-26-15-6-2-12(3-7-15)19(25)23-20-22-17(11-27-20)14-4-8-16-13(10-14)5-9-18(24)21-16/h2-4,6-8,10-11H,5,9H2,1H3,(H,21,24)(H,22,23,25). The van der Waals surface area contributed by atoms with Crippen LogP contribution in [-0.4, -0.2) is 23.9 Å². The summed E-state index contributed by atoms with van der Waals surface area (Å²) in [6, 6.07) is 12.8. The number of nitrogens with zero attached hydrogens (tertiary/aromatic N) is 1. The van der Waals surface area contributed by atoms with Crippen LogP contribution in [0.2, 0.25) is 0 Å². The molecule has 7 heteroatoms. The van der Waals surface area contributed by atoms with Gasteiger partial charge >= 0.3 is 0 Å². The molecule has 2 aromatic carbocycles. The minimum Gasteiger partial charge on any atom is -0.497 e. The van der Waals surface area contributed by atoms with Crippen molar-refractivity contribution in [3.63, 3.8) is 0 Å². The second-order valence-electron chi connectivity index (χ2n) is 6.14. The maximum absolute atomic E-state index is 12.4. The van der Waals surface area contributed by atoms with Gasteiger partial charge in [-0.15, -0.1) is 11.3 Å². The van der Waals surface area contributed by atoms with Crippen molar-refractivity contribution in [2.24, 2.45) is 0 Å². The van der Waals surface area contributed by atoms with Gasteiger partial charge in [-0.1, -0.05) is 6.07 Å². The van der Waals surface area contributed by atoms with Gasteiger partial charge in [-0.3, -0.25) is 14.9 Å². The first-order valence-electron chi connectivity index (χ1n) is 8.46. The van der Waals surface area contributed by atoms with E-state index >= 15 is 0 Å². The number of aryl methyl sites for hydroxylation is 1. The molecule has 0 spiro atoms. The normalized spacial score (nSPS) is 12.9. The Labute approximate surface area is 160 Å². The van der Waals surface area contributed by atoms with E-state index in [1.807, 2.05) is 23.6 Å². The topological polar surface area (TPSA) is 80.3 Å². The summed E-state index contributed by atoms with van der Waals surface area (Å²) >= 11 is 1.38. The molecule has 136 valence electrons. The Morgan fingerprint density at radius 2 is 2.00 bits per heavy atom. The molecule has 0 aliphatic carbocycles. The van der Waals surface area contributed by atoms with Gasteiger partial charge in [0.15, 0.2) is 5.13 Å². The number of hydrogen-bond donors (Lipinski definition) is 2. The molecule has 1 aromatic heterocycles. The SMILES string of the molecule is COc1ccc(C(=O)Nc2nc(-c3ccc4c(c3)CCC(=O)N4)cs2)cc1. The second kappa shape index (κ2) is 7.20. The van der Waals surface area contributed by atoms with Crippen LogP contribution < -0.4 is 15.4 Å². The van der Waals surface area contributed by atoms with Gasteiger partial charge < -0.3 is 10.1 Å². The molecule has 27 heavy (non-hydrogen) atoms. The van der Waals surface area contributed by atoms with Crippen molar-refractivity contribution in [3.05, 3.63) is 59.0 Å². The van der Waals surface area contributed by atoms with E-state index in [0.717, 1.165) is 28.9 Å². The Hall–Kier alpha value is -3.19. The summed E-state index contributed by atoms with van der Waals surface area (Å²) in [7, 11) is 1.58. The third kappa shape index (κ3) is 3.68. The first-order valence-corrected chi connectivity index (χ1v) is 9.34. The molecule has 0 saturated carbocycles. The molecule has 0 atom stereocenters. The largest absolute Gasteiger partial charge is 0.497 e. The van der Waals surface area contributed by atoms with Gasteiger partial charge in [0.25, 0.3) is 5.91 Å². The van der Waals surface area contributed by atoms with Crippen molar-refractivity contribution in [2.45, 2.75) is 12.8 Å². The molecule has 1 aliphatic heterocycles. The highest BCUT2D eigenvalue weighted by Gasteiger charge is 2.16. The van der Waals surface area contributed by atoms with Gasteiger partial charge in [0.1, 0.15) is 5.75 Å². The van der Waals surface area contributed by atoms with Gasteiger partial charge in [-0.05, 0) is 48.4 Å². The Morgan fingerprint density at radius 1 is 1.19 bits per heavy atom. The monoisotopic (exact) mass is 379 g/mol. The van der Waals surface area contributed by atoms with Crippen LogP contribution in [0.3, 0.4) is 0 Å². The molecule has 0 unspecified atom stereocenters. The zero-order valence-electron chi connectivity index (χ0n) is 14.6. The minimum absolute atomic E-state index is 0.0486. The average Bonchev–Trinajstić information content (AvgIpc) is 3.16. The number of nitrogens with one attached hydrogen (secondary N) is 2. The van der Waals surface area contributed by atoms with E-state index in [-0.39, 0.29) is 11.8 Å². The molecule has 0 fully saturated rings. The summed E-state index contributed by atoms with van der Waals surface area (Å²) in [5.74, 6) is 0.533. The van der Waals surface area contributed by atoms with E-state index in [9.17, 15) is 9.59 Å². The molecule has 0 radical (unpaired) electrons. The third-order valence-corrected chi connectivity index (χ3v) is 5.13. The fraction of sp³-hybridized carbons (Fsp3) is 0.150. The summed E-state index contributed by atoms with van der Waals surface area (Å²) in [5, 5.41) is 8.15. The molecule has 4 rings (SSSR count). The van der Waals surface area contributed by atoms with Crippen LogP contribution >= 0.6 is 11.3 Å². The average molecular weight is 379 g/mol. The summed E-state index contributed by atoms with van der Waals surface area (Å²) in [5.41, 5.74) is 4.26. The molecule has 0 bridgehead atoms. The van der Waals surface area contributed by atoms with E-state index < -0.39 is 0 Å². The summed E-state index contributed by atoms with van der Waals surface area (Å²) in [6.45, 7) is 0. The van der Waals surface area contributed by atoms with Crippen molar-refractivity contribution in [1.29, 1.82) is 0 Å². The zero-order valence-corrected chi connectivity index (χ0v) is 15.4. The van der Waals surface area contributed by atoms with Crippen LogP contribution in [-0.2, 0) is 11.2 Å². The van der Waals surface area contributed by atoms with Gasteiger partial charge in [0.05, 0.1) is 12.8 Å². The predicted octanol–water partition coefficient (Wildman–Crippen LogP) is 3.96. The molecule has 2 N–H and O–H groups in total. The lowest BCUT2D eigenvalue weighted by Crippen LogP contribution is -2.18. The highest BCUT2D eigenvalue weighted by atomic mass is 32.1. The zero-order chi connectivity index (χ0) is 18.8. The lowest BCUT2D eigenvalue weighted by Gasteiger charge is -2.17. The molecular formula is C20H17N3O3S. The molecule has 3 aromatic rings. The Kier molecular flexibility index (Phi) is 4.60. The number of carbonyl (C=O) groups excluding carboxylic acids is 2. The number of ether oxygens (including phenoxy) is 1. The molecular weight excluding hydrogens is 362 g/mol. The molecule has 2 heterocycles. The smallest absolute Gasteiger partial charge is 0.257 e. The van der Waals surface area contributed by atoms with Crippen molar-refractivity contribution in [2.75, 3.05) is 17.7 Å². The molecule has 1 aliphatic rings. The van der Waals surface area contributed by atoms with Gasteiger partial charge in [-0.25, -0.2) is 4.98 Å². The number of fused-ring (bicyclic) bond motifs is 1. The van der Waals surface area contributed by atoms with Gasteiger partial charge in [0, 0.05) is 28.6 Å². The van der Waals surface area contributed by atoms with Crippen LogP contribution in [0.5, 0.6) is 5.75 Å². The number of anilines is 2. The van der Waals surface area contributed by atoms with Crippen LogP contribution in [0.25, 0.3) is 11.3 Å². The Balaban J connectivity index is 1.50. The van der Waals surface area contributed by atoms with Crippen LogP contribution in [0.1, 0.15) is 22.3 Å². The summed E-state index contributed by atoms with van der Waals surface area (Å²) in [6.07, 6.45) is 1.22. The number of thiazole rings is 1. The minimum atomic E-state index is -0.216. The van der Waals surface area contributed by atoms with Crippen molar-refractivity contribution in [3.8, 4) is 17.0 Å². The Bertz CT molecular complexity index is 1010. The number of carbonyl (C=O) groups is 2. The maximum Gasteiger partial charge on any atom is 0.257 e. The lowest BCUT2D eigenvalue weighted by molar-refractivity contribution is -0.116. The van der Waals surface area contributed by atoms with Crippen molar-refractivity contribution >= 4 is 34.0 Å². The number of amides is 2. The fourth-order valence-electron chi connectivity index (χ4n) is 2.92.